The van der Waals surface area contributed by atoms with E-state index in [1.807, 2.05) is 19.1 Å². The first-order valence-electron chi connectivity index (χ1n) is 8.92. The van der Waals surface area contributed by atoms with Crippen molar-refractivity contribution in [2.45, 2.75) is 25.5 Å². The standard InChI is InChI=1S/C20H24N2O4S/c1-15-5-10-19(26-2)18(13-15)21-20(23)17-8-6-16(7-9-17)14-27(24,25)22-11-3-4-12-22/h5-10,13H,3-4,11-12,14H2,1-2H3,(H,21,23). The first-order chi connectivity index (χ1) is 12.9. The van der Waals surface area contributed by atoms with E-state index in [9.17, 15) is 13.2 Å². The topological polar surface area (TPSA) is 75.7 Å². The van der Waals surface area contributed by atoms with Crippen molar-refractivity contribution in [2.24, 2.45) is 0 Å². The van der Waals surface area contributed by atoms with Crippen LogP contribution in [-0.4, -0.2) is 38.8 Å². The molecule has 0 radical (unpaired) electrons. The minimum atomic E-state index is -3.29. The number of hydrogen-bond acceptors (Lipinski definition) is 4. The van der Waals surface area contributed by atoms with Crippen molar-refractivity contribution in [1.29, 1.82) is 0 Å². The molecular weight excluding hydrogens is 364 g/mol. The van der Waals surface area contributed by atoms with Gasteiger partial charge in [-0.3, -0.25) is 4.79 Å². The van der Waals surface area contributed by atoms with Crippen LogP contribution in [0.15, 0.2) is 42.5 Å². The van der Waals surface area contributed by atoms with Crippen LogP contribution in [0.1, 0.15) is 34.3 Å². The number of rotatable bonds is 6. The Morgan fingerprint density at radius 3 is 2.41 bits per heavy atom. The van der Waals surface area contributed by atoms with Crippen LogP contribution in [0.4, 0.5) is 5.69 Å². The molecule has 0 bridgehead atoms. The minimum Gasteiger partial charge on any atom is -0.495 e. The van der Waals surface area contributed by atoms with Crippen molar-refractivity contribution < 1.29 is 17.9 Å². The van der Waals surface area contributed by atoms with Crippen LogP contribution >= 0.6 is 0 Å². The zero-order valence-corrected chi connectivity index (χ0v) is 16.4. The summed E-state index contributed by atoms with van der Waals surface area (Å²) >= 11 is 0. The van der Waals surface area contributed by atoms with Gasteiger partial charge in [0, 0.05) is 18.7 Å². The summed E-state index contributed by atoms with van der Waals surface area (Å²) in [6.07, 6.45) is 1.83. The van der Waals surface area contributed by atoms with E-state index < -0.39 is 10.0 Å². The van der Waals surface area contributed by atoms with Crippen LogP contribution in [0.2, 0.25) is 0 Å². The number of aryl methyl sites for hydroxylation is 1. The molecule has 3 rings (SSSR count). The van der Waals surface area contributed by atoms with E-state index in [1.54, 1.807) is 37.4 Å². The van der Waals surface area contributed by atoms with Gasteiger partial charge in [-0.15, -0.1) is 0 Å². The Morgan fingerprint density at radius 2 is 1.78 bits per heavy atom. The molecule has 0 saturated carbocycles. The summed E-state index contributed by atoms with van der Waals surface area (Å²) in [4.78, 5) is 12.5. The zero-order chi connectivity index (χ0) is 19.4. The molecular formula is C20H24N2O4S. The highest BCUT2D eigenvalue weighted by atomic mass is 32.2. The molecule has 0 aliphatic carbocycles. The predicted octanol–water partition coefficient (Wildman–Crippen LogP) is 3.18. The lowest BCUT2D eigenvalue weighted by Crippen LogP contribution is -2.29. The number of nitrogens with zero attached hydrogens (tertiary/aromatic N) is 1. The Kier molecular flexibility index (Phi) is 5.82. The molecule has 0 unspecified atom stereocenters. The molecule has 1 aliphatic rings. The van der Waals surface area contributed by atoms with Crippen LogP contribution in [-0.2, 0) is 15.8 Å². The molecule has 0 aromatic heterocycles. The number of amides is 1. The molecule has 1 saturated heterocycles. The zero-order valence-electron chi connectivity index (χ0n) is 15.6. The monoisotopic (exact) mass is 388 g/mol. The Hall–Kier alpha value is -2.38. The second kappa shape index (κ2) is 8.10. The maximum atomic E-state index is 12.5. The van der Waals surface area contributed by atoms with Gasteiger partial charge in [0.15, 0.2) is 0 Å². The minimum absolute atomic E-state index is 0.0411. The average molecular weight is 388 g/mol. The molecule has 1 N–H and O–H groups in total. The van der Waals surface area contributed by atoms with Crippen LogP contribution in [0.25, 0.3) is 0 Å². The first kappa shape index (κ1) is 19.4. The lowest BCUT2D eigenvalue weighted by molar-refractivity contribution is 0.102. The molecule has 2 aromatic rings. The number of nitrogens with one attached hydrogen (secondary N) is 1. The predicted molar refractivity (Wildman–Crippen MR) is 106 cm³/mol. The molecule has 6 nitrogen and oxygen atoms in total. The number of methoxy groups -OCH3 is 1. The van der Waals surface area contributed by atoms with E-state index in [0.717, 1.165) is 18.4 Å². The normalized spacial score (nSPS) is 14.9. The van der Waals surface area contributed by atoms with Gasteiger partial charge in [0.05, 0.1) is 18.6 Å². The van der Waals surface area contributed by atoms with Gasteiger partial charge in [-0.25, -0.2) is 12.7 Å². The number of carbonyl (C=O) groups excluding carboxylic acids is 1. The third kappa shape index (κ3) is 4.67. The van der Waals surface area contributed by atoms with Gasteiger partial charge >= 0.3 is 0 Å². The van der Waals surface area contributed by atoms with E-state index >= 15 is 0 Å². The number of benzene rings is 2. The lowest BCUT2D eigenvalue weighted by atomic mass is 10.1. The van der Waals surface area contributed by atoms with Gasteiger partial charge in [0.25, 0.3) is 5.91 Å². The lowest BCUT2D eigenvalue weighted by Gasteiger charge is -2.15. The third-order valence-electron chi connectivity index (χ3n) is 4.63. The summed E-state index contributed by atoms with van der Waals surface area (Å²) in [5, 5.41) is 2.84. The van der Waals surface area contributed by atoms with Crippen molar-refractivity contribution in [3.63, 3.8) is 0 Å². The highest BCUT2D eigenvalue weighted by molar-refractivity contribution is 7.88. The fourth-order valence-corrected chi connectivity index (χ4v) is 4.75. The van der Waals surface area contributed by atoms with Crippen molar-refractivity contribution in [1.82, 2.24) is 4.31 Å². The average Bonchev–Trinajstić information content (AvgIpc) is 3.18. The fourth-order valence-electron chi connectivity index (χ4n) is 3.13. The molecule has 2 aromatic carbocycles. The van der Waals surface area contributed by atoms with Gasteiger partial charge in [-0.1, -0.05) is 18.2 Å². The van der Waals surface area contributed by atoms with Crippen molar-refractivity contribution in [3.05, 3.63) is 59.2 Å². The van der Waals surface area contributed by atoms with E-state index in [4.69, 9.17) is 4.74 Å². The molecule has 1 amide bonds. The largest absolute Gasteiger partial charge is 0.495 e. The first-order valence-corrected chi connectivity index (χ1v) is 10.5. The molecule has 0 spiro atoms. The second-order valence-corrected chi connectivity index (χ2v) is 8.69. The van der Waals surface area contributed by atoms with E-state index in [-0.39, 0.29) is 11.7 Å². The quantitative estimate of drug-likeness (QED) is 0.825. The Morgan fingerprint density at radius 1 is 1.11 bits per heavy atom. The summed E-state index contributed by atoms with van der Waals surface area (Å²) in [6.45, 7) is 3.13. The molecule has 7 heteroatoms. The Bertz CT molecular complexity index is 917. The molecule has 1 aliphatic heterocycles. The van der Waals surface area contributed by atoms with Crippen LogP contribution < -0.4 is 10.1 Å². The number of anilines is 1. The van der Waals surface area contributed by atoms with Crippen LogP contribution in [0.5, 0.6) is 5.75 Å². The molecule has 1 heterocycles. The fraction of sp³-hybridized carbons (Fsp3) is 0.350. The summed E-state index contributed by atoms with van der Waals surface area (Å²) in [6, 6.07) is 12.2. The van der Waals surface area contributed by atoms with Gasteiger partial charge in [0.1, 0.15) is 5.75 Å². The number of carbonyl (C=O) groups is 1. The summed E-state index contributed by atoms with van der Waals surface area (Å²) in [5.74, 6) is 0.274. The Balaban J connectivity index is 1.70. The number of hydrogen-bond donors (Lipinski definition) is 1. The van der Waals surface area contributed by atoms with Gasteiger partial charge in [0.2, 0.25) is 10.0 Å². The molecule has 27 heavy (non-hydrogen) atoms. The maximum Gasteiger partial charge on any atom is 0.255 e. The Labute approximate surface area is 160 Å². The maximum absolute atomic E-state index is 12.5. The highest BCUT2D eigenvalue weighted by Crippen LogP contribution is 2.26. The van der Waals surface area contributed by atoms with E-state index in [2.05, 4.69) is 5.32 Å². The van der Waals surface area contributed by atoms with Gasteiger partial charge < -0.3 is 10.1 Å². The van der Waals surface area contributed by atoms with E-state index in [1.165, 1.54) is 4.31 Å². The van der Waals surface area contributed by atoms with Crippen molar-refractivity contribution in [3.8, 4) is 5.75 Å². The van der Waals surface area contributed by atoms with Gasteiger partial charge in [-0.2, -0.15) is 0 Å². The molecule has 0 atom stereocenters. The second-order valence-electron chi connectivity index (χ2n) is 6.72. The van der Waals surface area contributed by atoms with Crippen LogP contribution in [0.3, 0.4) is 0 Å². The number of sulfonamides is 1. The summed E-state index contributed by atoms with van der Waals surface area (Å²) in [7, 11) is -1.74. The van der Waals surface area contributed by atoms with Crippen molar-refractivity contribution >= 4 is 21.6 Å². The van der Waals surface area contributed by atoms with E-state index in [0.29, 0.717) is 35.7 Å². The smallest absolute Gasteiger partial charge is 0.255 e. The SMILES string of the molecule is COc1ccc(C)cc1NC(=O)c1ccc(CS(=O)(=O)N2CCCC2)cc1. The molecule has 144 valence electrons. The summed E-state index contributed by atoms with van der Waals surface area (Å²) < 4.78 is 31.6. The third-order valence-corrected chi connectivity index (χ3v) is 6.48. The van der Waals surface area contributed by atoms with Gasteiger partial charge in [-0.05, 0) is 55.2 Å². The summed E-state index contributed by atoms with van der Waals surface area (Å²) in [5.41, 5.74) is 2.74. The van der Waals surface area contributed by atoms with Crippen molar-refractivity contribution in [2.75, 3.05) is 25.5 Å². The number of ether oxygens (including phenoxy) is 1. The highest BCUT2D eigenvalue weighted by Gasteiger charge is 2.25. The van der Waals surface area contributed by atoms with Crippen LogP contribution in [0, 0.1) is 6.92 Å². The molecule has 1 fully saturated rings.